The SMILES string of the molecule is Cc1ccc(SCc2noc(-c3nc(N)n[nH]3)n2)cc1. The summed E-state index contributed by atoms with van der Waals surface area (Å²) in [4.78, 5) is 9.33. The van der Waals surface area contributed by atoms with Crippen molar-refractivity contribution in [3.8, 4) is 11.7 Å². The van der Waals surface area contributed by atoms with Crippen molar-refractivity contribution >= 4 is 17.7 Å². The summed E-state index contributed by atoms with van der Waals surface area (Å²) in [7, 11) is 0. The number of nitrogens with one attached hydrogen (secondary N) is 1. The Kier molecular flexibility index (Phi) is 3.38. The first-order chi connectivity index (χ1) is 9.70. The third-order valence-corrected chi connectivity index (χ3v) is 3.57. The van der Waals surface area contributed by atoms with Gasteiger partial charge in [-0.05, 0) is 19.1 Å². The fraction of sp³-hybridized carbons (Fsp3) is 0.167. The summed E-state index contributed by atoms with van der Waals surface area (Å²) in [5.74, 6) is 2.03. The second-order valence-corrected chi connectivity index (χ2v) is 5.21. The van der Waals surface area contributed by atoms with Crippen LogP contribution in [0.3, 0.4) is 0 Å². The van der Waals surface area contributed by atoms with Gasteiger partial charge in [0.25, 0.3) is 5.89 Å². The predicted molar refractivity (Wildman–Crippen MR) is 74.8 cm³/mol. The van der Waals surface area contributed by atoms with E-state index in [4.69, 9.17) is 10.3 Å². The largest absolute Gasteiger partial charge is 0.366 e. The third kappa shape index (κ3) is 2.80. The summed E-state index contributed by atoms with van der Waals surface area (Å²) in [5.41, 5.74) is 6.66. The minimum absolute atomic E-state index is 0.147. The molecule has 0 aliphatic carbocycles. The van der Waals surface area contributed by atoms with E-state index in [2.05, 4.69) is 56.5 Å². The molecule has 0 radical (unpaired) electrons. The lowest BCUT2D eigenvalue weighted by Gasteiger charge is -1.98. The Balaban J connectivity index is 1.67. The van der Waals surface area contributed by atoms with Crippen LogP contribution in [0, 0.1) is 6.92 Å². The smallest absolute Gasteiger partial charge is 0.295 e. The lowest BCUT2D eigenvalue weighted by molar-refractivity contribution is 0.422. The van der Waals surface area contributed by atoms with Gasteiger partial charge in [-0.1, -0.05) is 22.9 Å². The molecule has 0 atom stereocenters. The van der Waals surface area contributed by atoms with E-state index < -0.39 is 0 Å². The molecule has 3 N–H and O–H groups in total. The molecular weight excluding hydrogens is 276 g/mol. The number of benzene rings is 1. The number of hydrogen-bond donors (Lipinski definition) is 2. The number of nitrogen functional groups attached to an aromatic ring is 1. The van der Waals surface area contributed by atoms with E-state index >= 15 is 0 Å². The summed E-state index contributed by atoms with van der Waals surface area (Å²) in [6.45, 7) is 2.06. The van der Waals surface area contributed by atoms with E-state index in [1.807, 2.05) is 0 Å². The molecule has 0 saturated heterocycles. The van der Waals surface area contributed by atoms with Crippen molar-refractivity contribution in [2.45, 2.75) is 17.6 Å². The molecular formula is C12H12N6OS. The molecule has 3 rings (SSSR count). The van der Waals surface area contributed by atoms with Gasteiger partial charge in [-0.3, -0.25) is 5.10 Å². The molecule has 0 spiro atoms. The van der Waals surface area contributed by atoms with Crippen LogP contribution in [-0.4, -0.2) is 25.3 Å². The summed E-state index contributed by atoms with van der Waals surface area (Å²) in [6, 6.07) is 8.28. The number of H-pyrrole nitrogens is 1. The van der Waals surface area contributed by atoms with Gasteiger partial charge in [0.1, 0.15) is 0 Å². The Bertz CT molecular complexity index is 705. The van der Waals surface area contributed by atoms with Gasteiger partial charge in [0.15, 0.2) is 5.82 Å². The van der Waals surface area contributed by atoms with Crippen molar-refractivity contribution in [2.24, 2.45) is 0 Å². The summed E-state index contributed by atoms with van der Waals surface area (Å²) in [6.07, 6.45) is 0. The van der Waals surface area contributed by atoms with Gasteiger partial charge in [0.2, 0.25) is 11.8 Å². The Labute approximate surface area is 119 Å². The molecule has 0 amide bonds. The van der Waals surface area contributed by atoms with E-state index in [1.54, 1.807) is 11.8 Å². The second kappa shape index (κ2) is 5.33. The first-order valence-electron chi connectivity index (χ1n) is 5.91. The maximum absolute atomic E-state index is 5.42. The highest BCUT2D eigenvalue weighted by Gasteiger charge is 2.12. The third-order valence-electron chi connectivity index (χ3n) is 2.56. The summed E-state index contributed by atoms with van der Waals surface area (Å²) < 4.78 is 5.11. The maximum Gasteiger partial charge on any atom is 0.295 e. The number of aromatic nitrogens is 5. The number of thioether (sulfide) groups is 1. The molecule has 102 valence electrons. The Hall–Kier alpha value is -2.35. The monoisotopic (exact) mass is 288 g/mol. The molecule has 0 aliphatic rings. The molecule has 7 nitrogen and oxygen atoms in total. The molecule has 0 aliphatic heterocycles. The number of aromatic amines is 1. The van der Waals surface area contributed by atoms with Crippen LogP contribution in [0.1, 0.15) is 11.4 Å². The van der Waals surface area contributed by atoms with Crippen LogP contribution < -0.4 is 5.73 Å². The molecule has 2 aromatic heterocycles. The van der Waals surface area contributed by atoms with Crippen molar-refractivity contribution in [1.29, 1.82) is 0 Å². The molecule has 0 saturated carbocycles. The molecule has 0 fully saturated rings. The van der Waals surface area contributed by atoms with Gasteiger partial charge in [0, 0.05) is 4.90 Å². The van der Waals surface area contributed by atoms with E-state index in [1.165, 1.54) is 5.56 Å². The van der Waals surface area contributed by atoms with Crippen molar-refractivity contribution in [3.05, 3.63) is 35.7 Å². The number of nitrogens with zero attached hydrogens (tertiary/aromatic N) is 4. The minimum Gasteiger partial charge on any atom is -0.366 e. The van der Waals surface area contributed by atoms with Crippen molar-refractivity contribution in [3.63, 3.8) is 0 Å². The number of aryl methyl sites for hydroxylation is 1. The van der Waals surface area contributed by atoms with Gasteiger partial charge in [-0.25, -0.2) is 0 Å². The second-order valence-electron chi connectivity index (χ2n) is 4.16. The summed E-state index contributed by atoms with van der Waals surface area (Å²) in [5, 5.41) is 10.2. The first-order valence-corrected chi connectivity index (χ1v) is 6.89. The summed E-state index contributed by atoms with van der Waals surface area (Å²) >= 11 is 1.64. The van der Waals surface area contributed by atoms with Crippen LogP contribution in [0.15, 0.2) is 33.7 Å². The minimum atomic E-state index is 0.147. The molecule has 1 aromatic carbocycles. The Morgan fingerprint density at radius 2 is 2.05 bits per heavy atom. The van der Waals surface area contributed by atoms with Gasteiger partial charge in [0.05, 0.1) is 5.75 Å². The zero-order chi connectivity index (χ0) is 13.9. The van der Waals surface area contributed by atoms with Crippen LogP contribution in [0.5, 0.6) is 0 Å². The average molecular weight is 288 g/mol. The highest BCUT2D eigenvalue weighted by molar-refractivity contribution is 7.98. The van der Waals surface area contributed by atoms with E-state index in [-0.39, 0.29) is 11.8 Å². The van der Waals surface area contributed by atoms with Crippen LogP contribution in [0.2, 0.25) is 0 Å². The molecule has 3 aromatic rings. The molecule has 0 bridgehead atoms. The van der Waals surface area contributed by atoms with Gasteiger partial charge < -0.3 is 10.3 Å². The Morgan fingerprint density at radius 1 is 1.25 bits per heavy atom. The quantitative estimate of drug-likeness (QED) is 0.707. The first kappa shape index (κ1) is 12.7. The van der Waals surface area contributed by atoms with Crippen molar-refractivity contribution in [1.82, 2.24) is 25.3 Å². The maximum atomic E-state index is 5.42. The number of nitrogens with two attached hydrogens (primary N) is 1. The molecule has 20 heavy (non-hydrogen) atoms. The van der Waals surface area contributed by atoms with Gasteiger partial charge in [-0.15, -0.1) is 16.9 Å². The standard InChI is InChI=1S/C12H12N6OS/c1-7-2-4-8(5-3-7)20-6-9-14-11(19-18-9)10-15-12(13)17-16-10/h2-5H,6H2,1H3,(H3,13,15,16,17). The molecule has 2 heterocycles. The van der Waals surface area contributed by atoms with E-state index in [0.29, 0.717) is 17.4 Å². The van der Waals surface area contributed by atoms with Gasteiger partial charge in [-0.2, -0.15) is 9.97 Å². The highest BCUT2D eigenvalue weighted by atomic mass is 32.2. The lowest BCUT2D eigenvalue weighted by Crippen LogP contribution is -1.86. The van der Waals surface area contributed by atoms with Crippen molar-refractivity contribution < 1.29 is 4.52 Å². The normalized spacial score (nSPS) is 10.8. The topological polar surface area (TPSA) is 107 Å². The van der Waals surface area contributed by atoms with Crippen LogP contribution in [0.25, 0.3) is 11.7 Å². The van der Waals surface area contributed by atoms with Crippen LogP contribution in [0.4, 0.5) is 5.95 Å². The zero-order valence-electron chi connectivity index (χ0n) is 10.7. The van der Waals surface area contributed by atoms with Crippen LogP contribution >= 0.6 is 11.8 Å². The number of rotatable bonds is 4. The molecule has 8 heteroatoms. The average Bonchev–Trinajstić information content (AvgIpc) is 3.07. The van der Waals surface area contributed by atoms with Crippen LogP contribution in [-0.2, 0) is 5.75 Å². The highest BCUT2D eigenvalue weighted by Crippen LogP contribution is 2.22. The fourth-order valence-corrected chi connectivity index (χ4v) is 2.30. The van der Waals surface area contributed by atoms with Crippen molar-refractivity contribution in [2.75, 3.05) is 5.73 Å². The zero-order valence-corrected chi connectivity index (χ0v) is 11.5. The fourth-order valence-electron chi connectivity index (χ4n) is 1.56. The number of anilines is 1. The van der Waals surface area contributed by atoms with Gasteiger partial charge >= 0.3 is 0 Å². The van der Waals surface area contributed by atoms with E-state index in [0.717, 1.165) is 4.90 Å². The predicted octanol–water partition coefficient (Wildman–Crippen LogP) is 2.04. The number of hydrogen-bond acceptors (Lipinski definition) is 7. The van der Waals surface area contributed by atoms with E-state index in [9.17, 15) is 0 Å². The molecule has 0 unspecified atom stereocenters. The lowest BCUT2D eigenvalue weighted by atomic mass is 10.2. The Morgan fingerprint density at radius 3 is 2.75 bits per heavy atom.